The first-order valence-corrected chi connectivity index (χ1v) is 11.8. The van der Waals surface area contributed by atoms with Crippen LogP contribution in [0.5, 0.6) is 0 Å². The Labute approximate surface area is 210 Å². The molecule has 1 amide bonds. The van der Waals surface area contributed by atoms with Crippen molar-refractivity contribution >= 4 is 11.9 Å². The highest BCUT2D eigenvalue weighted by molar-refractivity contribution is 5.87. The standard InChI is InChI=1S/C27H27F6NO3/c1-3-22(24(36)37)17-9-11-25(12-10-17,19-7-5-4-6-8-19)34-23(35)16(2)18-13-20(26(28,29)30)15-21(14-18)27(31,32)33/h4-8,13-16H,3,9-12H2,1-2H3,(H,34,35)(H,36,37). The molecule has 1 atom stereocenters. The minimum atomic E-state index is -5.02. The van der Waals surface area contributed by atoms with Crippen LogP contribution in [0.25, 0.3) is 0 Å². The molecule has 0 saturated heterocycles. The maximum absolute atomic E-state index is 13.3. The van der Waals surface area contributed by atoms with E-state index in [-0.39, 0.29) is 6.07 Å². The lowest BCUT2D eigenvalue weighted by atomic mass is 9.73. The highest BCUT2D eigenvalue weighted by atomic mass is 19.4. The Morgan fingerprint density at radius 3 is 1.89 bits per heavy atom. The Morgan fingerprint density at radius 1 is 0.946 bits per heavy atom. The van der Waals surface area contributed by atoms with Crippen LogP contribution in [0.2, 0.25) is 0 Å². The van der Waals surface area contributed by atoms with Crippen LogP contribution in [0, 0.1) is 0 Å². The first kappa shape index (κ1) is 28.3. The molecule has 0 spiro atoms. The molecule has 2 aromatic rings. The van der Waals surface area contributed by atoms with E-state index in [0.29, 0.717) is 49.8 Å². The quantitative estimate of drug-likeness (QED) is 0.308. The van der Waals surface area contributed by atoms with Crippen molar-refractivity contribution in [1.82, 2.24) is 5.32 Å². The predicted octanol–water partition coefficient (Wildman–Crippen LogP) is 7.20. The molecule has 4 nitrogen and oxygen atoms in total. The van der Waals surface area contributed by atoms with Gasteiger partial charge in [0.15, 0.2) is 0 Å². The zero-order chi connectivity index (χ0) is 27.6. The van der Waals surface area contributed by atoms with Crippen LogP contribution in [0.15, 0.2) is 59.7 Å². The van der Waals surface area contributed by atoms with Gasteiger partial charge in [-0.1, -0.05) is 42.8 Å². The summed E-state index contributed by atoms with van der Waals surface area (Å²) in [6.45, 7) is 3.00. The molecule has 0 aliphatic heterocycles. The van der Waals surface area contributed by atoms with Crippen LogP contribution in [-0.2, 0) is 27.5 Å². The van der Waals surface area contributed by atoms with Crippen LogP contribution >= 0.6 is 0 Å². The number of carbonyl (C=O) groups excluding carboxylic acids is 1. The fourth-order valence-corrected chi connectivity index (χ4v) is 4.80. The molecular weight excluding hydrogens is 500 g/mol. The largest absolute Gasteiger partial charge is 0.478 e. The summed E-state index contributed by atoms with van der Waals surface area (Å²) < 4.78 is 80.0. The molecule has 3 rings (SSSR count). The van der Waals surface area contributed by atoms with Gasteiger partial charge in [-0.15, -0.1) is 0 Å². The number of carbonyl (C=O) groups is 2. The number of amides is 1. The number of carboxylic acid groups (broad SMARTS) is 1. The number of aliphatic carboxylic acids is 1. The van der Waals surface area contributed by atoms with E-state index in [0.717, 1.165) is 11.1 Å². The fourth-order valence-electron chi connectivity index (χ4n) is 4.80. The zero-order valence-corrected chi connectivity index (χ0v) is 20.3. The van der Waals surface area contributed by atoms with E-state index in [9.17, 15) is 41.0 Å². The maximum Gasteiger partial charge on any atom is 0.416 e. The molecule has 0 bridgehead atoms. The Hall–Kier alpha value is -3.30. The molecule has 0 radical (unpaired) electrons. The summed E-state index contributed by atoms with van der Waals surface area (Å²) in [7, 11) is 0. The molecule has 2 N–H and O–H groups in total. The second-order valence-corrected chi connectivity index (χ2v) is 9.24. The van der Waals surface area contributed by atoms with Crippen molar-refractivity contribution in [3.63, 3.8) is 0 Å². The predicted molar refractivity (Wildman–Crippen MR) is 125 cm³/mol. The average molecular weight is 528 g/mol. The highest BCUT2D eigenvalue weighted by Gasteiger charge is 2.40. The summed E-state index contributed by atoms with van der Waals surface area (Å²) in [5, 5.41) is 12.4. The van der Waals surface area contributed by atoms with Gasteiger partial charge in [-0.3, -0.25) is 4.79 Å². The fraction of sp³-hybridized carbons (Fsp3) is 0.407. The average Bonchev–Trinajstić information content (AvgIpc) is 2.84. The van der Waals surface area contributed by atoms with E-state index < -0.39 is 52.4 Å². The highest BCUT2D eigenvalue weighted by Crippen LogP contribution is 2.42. The maximum atomic E-state index is 13.3. The molecule has 2 aromatic carbocycles. The third-order valence-electron chi connectivity index (χ3n) is 6.94. The van der Waals surface area contributed by atoms with E-state index in [1.807, 2.05) is 0 Å². The van der Waals surface area contributed by atoms with E-state index in [1.54, 1.807) is 37.3 Å². The zero-order valence-electron chi connectivity index (χ0n) is 20.3. The summed E-state index contributed by atoms with van der Waals surface area (Å²) in [6, 6.07) is 10.0. The monoisotopic (exact) mass is 527 g/mol. The number of hydrogen-bond acceptors (Lipinski definition) is 2. The topological polar surface area (TPSA) is 66.4 Å². The molecule has 0 heterocycles. The second kappa shape index (κ2) is 10.6. The number of hydrogen-bond donors (Lipinski definition) is 2. The summed E-state index contributed by atoms with van der Waals surface area (Å²) in [5.74, 6) is -3.05. The smallest absolute Gasteiger partial charge is 0.416 e. The van der Waals surface area contributed by atoms with Gasteiger partial charge < -0.3 is 10.4 Å². The van der Waals surface area contributed by atoms with Crippen molar-refractivity contribution in [2.75, 3.05) is 0 Å². The Morgan fingerprint density at radius 2 is 1.46 bits per heavy atom. The van der Waals surface area contributed by atoms with Gasteiger partial charge in [-0.25, -0.2) is 4.79 Å². The summed E-state index contributed by atoms with van der Waals surface area (Å²) in [6.07, 6.45) is -8.30. The van der Waals surface area contributed by atoms with Gasteiger partial charge in [0.25, 0.3) is 0 Å². The van der Waals surface area contributed by atoms with Crippen LogP contribution in [0.3, 0.4) is 0 Å². The van der Waals surface area contributed by atoms with Crippen molar-refractivity contribution in [3.05, 3.63) is 81.9 Å². The summed E-state index contributed by atoms with van der Waals surface area (Å²) in [4.78, 5) is 24.9. The van der Waals surface area contributed by atoms with Crippen molar-refractivity contribution < 1.29 is 41.0 Å². The van der Waals surface area contributed by atoms with Crippen LogP contribution in [0.1, 0.15) is 74.1 Å². The molecule has 1 aliphatic rings. The molecule has 1 unspecified atom stereocenters. The molecule has 37 heavy (non-hydrogen) atoms. The number of carboxylic acids is 1. The molecule has 1 aliphatic carbocycles. The lowest BCUT2D eigenvalue weighted by molar-refractivity contribution is -0.143. The minimum Gasteiger partial charge on any atom is -0.478 e. The van der Waals surface area contributed by atoms with Crippen molar-refractivity contribution in [2.24, 2.45) is 0 Å². The lowest BCUT2D eigenvalue weighted by Gasteiger charge is -2.40. The summed E-state index contributed by atoms with van der Waals surface area (Å²) in [5.41, 5.74) is -2.53. The molecule has 10 heteroatoms. The van der Waals surface area contributed by atoms with E-state index >= 15 is 0 Å². The van der Waals surface area contributed by atoms with Crippen LogP contribution in [-0.4, -0.2) is 17.0 Å². The molecule has 0 aromatic heterocycles. The van der Waals surface area contributed by atoms with Crippen LogP contribution in [0.4, 0.5) is 26.3 Å². The number of rotatable bonds is 6. The van der Waals surface area contributed by atoms with E-state index in [4.69, 9.17) is 0 Å². The van der Waals surface area contributed by atoms with Gasteiger partial charge in [0.1, 0.15) is 0 Å². The number of alkyl halides is 6. The van der Waals surface area contributed by atoms with Gasteiger partial charge in [-0.2, -0.15) is 26.3 Å². The van der Waals surface area contributed by atoms with E-state index in [1.165, 1.54) is 6.92 Å². The second-order valence-electron chi connectivity index (χ2n) is 9.24. The Balaban J connectivity index is 1.97. The van der Waals surface area contributed by atoms with Gasteiger partial charge in [0.2, 0.25) is 5.91 Å². The molecule has 200 valence electrons. The number of nitrogens with one attached hydrogen (secondary N) is 1. The van der Waals surface area contributed by atoms with Crippen molar-refractivity contribution in [1.29, 1.82) is 0 Å². The van der Waals surface area contributed by atoms with Gasteiger partial charge in [0.05, 0.1) is 22.6 Å². The van der Waals surface area contributed by atoms with E-state index in [2.05, 4.69) is 5.32 Å². The van der Waals surface area contributed by atoms with Gasteiger partial charge in [0, 0.05) is 5.57 Å². The van der Waals surface area contributed by atoms with Crippen molar-refractivity contribution in [2.45, 2.75) is 69.8 Å². The van der Waals surface area contributed by atoms with Gasteiger partial charge in [-0.05, 0) is 68.4 Å². The number of benzene rings is 2. The molecule has 1 saturated carbocycles. The summed E-state index contributed by atoms with van der Waals surface area (Å²) >= 11 is 0. The molecule has 1 fully saturated rings. The van der Waals surface area contributed by atoms with Crippen molar-refractivity contribution in [3.8, 4) is 0 Å². The first-order chi connectivity index (χ1) is 17.2. The van der Waals surface area contributed by atoms with Gasteiger partial charge >= 0.3 is 18.3 Å². The SMILES string of the molecule is CCC(C(=O)O)=C1CCC(NC(=O)C(C)c2cc(C(F)(F)F)cc(C(F)(F)F)c2)(c2ccccc2)CC1. The molecular formula is C27H27F6NO3. The Kier molecular flexibility index (Phi) is 8.09. The first-order valence-electron chi connectivity index (χ1n) is 11.8. The van der Waals surface area contributed by atoms with Crippen LogP contribution < -0.4 is 5.32 Å². The third kappa shape index (κ3) is 6.34. The minimum absolute atomic E-state index is 0.0301. The third-order valence-corrected chi connectivity index (χ3v) is 6.94. The number of halogens is 6. The number of allylic oxidation sites excluding steroid dienone is 1. The normalized spacial score (nSPS) is 19.3. The Bertz CT molecular complexity index is 1140. The lowest BCUT2D eigenvalue weighted by Crippen LogP contribution is -2.49.